The Balaban J connectivity index is 1.44. The van der Waals surface area contributed by atoms with Crippen molar-refractivity contribution in [3.63, 3.8) is 0 Å². The van der Waals surface area contributed by atoms with Gasteiger partial charge in [0.05, 0.1) is 23.6 Å². The molecule has 3 aromatic rings. The first-order chi connectivity index (χ1) is 18.1. The molecule has 11 heteroatoms. The quantitative estimate of drug-likeness (QED) is 0.485. The minimum atomic E-state index is -2.68. The molecule has 3 atom stereocenters. The van der Waals surface area contributed by atoms with Crippen LogP contribution in [0.1, 0.15) is 79.4 Å². The van der Waals surface area contributed by atoms with Gasteiger partial charge in [0, 0.05) is 44.5 Å². The van der Waals surface area contributed by atoms with Crippen LogP contribution in [0.4, 0.5) is 8.78 Å². The van der Waals surface area contributed by atoms with E-state index in [-0.39, 0.29) is 49.3 Å². The zero-order valence-corrected chi connectivity index (χ0v) is 22.1. The van der Waals surface area contributed by atoms with E-state index in [1.165, 1.54) is 0 Å². The molecule has 3 aromatic heterocycles. The molecule has 0 bridgehead atoms. The van der Waals surface area contributed by atoms with E-state index in [9.17, 15) is 18.4 Å². The summed E-state index contributed by atoms with van der Waals surface area (Å²) >= 11 is 0. The van der Waals surface area contributed by atoms with E-state index in [1.807, 2.05) is 19.9 Å². The van der Waals surface area contributed by atoms with Crippen LogP contribution < -0.4 is 10.6 Å². The van der Waals surface area contributed by atoms with Crippen LogP contribution in [-0.2, 0) is 17.8 Å². The second kappa shape index (κ2) is 10.4. The Labute approximate surface area is 220 Å². The van der Waals surface area contributed by atoms with Gasteiger partial charge in [0.25, 0.3) is 5.91 Å². The summed E-state index contributed by atoms with van der Waals surface area (Å²) in [6.07, 6.45) is 4.83. The molecule has 2 aliphatic rings. The predicted molar refractivity (Wildman–Crippen MR) is 137 cm³/mol. The van der Waals surface area contributed by atoms with Gasteiger partial charge in [0.15, 0.2) is 5.65 Å². The number of carbonyl (C=O) groups excluding carboxylic acids is 2. The summed E-state index contributed by atoms with van der Waals surface area (Å²) in [5.41, 5.74) is 3.37. The lowest BCUT2D eigenvalue weighted by Gasteiger charge is -2.33. The number of hydrogen-bond acceptors (Lipinski definition) is 5. The lowest BCUT2D eigenvalue weighted by Crippen LogP contribution is -2.41. The van der Waals surface area contributed by atoms with Crippen molar-refractivity contribution in [2.24, 2.45) is 17.8 Å². The number of carbonyl (C=O) groups is 2. The first-order valence-corrected chi connectivity index (χ1v) is 13.5. The zero-order valence-electron chi connectivity index (χ0n) is 22.1. The van der Waals surface area contributed by atoms with Gasteiger partial charge in [-0.2, -0.15) is 10.2 Å². The molecule has 0 radical (unpaired) electrons. The van der Waals surface area contributed by atoms with Crippen molar-refractivity contribution in [3.8, 4) is 0 Å². The van der Waals surface area contributed by atoms with Gasteiger partial charge in [-0.3, -0.25) is 14.3 Å². The molecule has 1 aliphatic carbocycles. The SMILES string of the molecule is CCn1nccc1C(=O)N[C@H](c1cn2nc(CC3C[C@H](C)CNC3=O)c(C)cc2n1)C1CCC(F)(F)CC1. The van der Waals surface area contributed by atoms with Crippen LogP contribution in [0.3, 0.4) is 0 Å². The smallest absolute Gasteiger partial charge is 0.270 e. The third kappa shape index (κ3) is 5.42. The van der Waals surface area contributed by atoms with E-state index >= 15 is 0 Å². The maximum atomic E-state index is 14.0. The first-order valence-electron chi connectivity index (χ1n) is 13.5. The van der Waals surface area contributed by atoms with Gasteiger partial charge in [-0.15, -0.1) is 0 Å². The number of piperidine rings is 1. The summed E-state index contributed by atoms with van der Waals surface area (Å²) in [5, 5.41) is 15.0. The van der Waals surface area contributed by atoms with E-state index in [2.05, 4.69) is 22.7 Å². The number of halogens is 2. The van der Waals surface area contributed by atoms with Crippen LogP contribution >= 0.6 is 0 Å². The Bertz CT molecular complexity index is 1320. The van der Waals surface area contributed by atoms with E-state index in [1.54, 1.807) is 27.7 Å². The number of aromatic nitrogens is 5. The molecule has 2 amide bonds. The molecular weight excluding hydrogens is 492 g/mol. The lowest BCUT2D eigenvalue weighted by atomic mass is 9.81. The van der Waals surface area contributed by atoms with Crippen molar-refractivity contribution in [1.29, 1.82) is 0 Å². The number of aryl methyl sites for hydroxylation is 2. The standard InChI is InChI=1S/C27H35F2N7O2/c1-4-35-22(7-10-31-35)26(38)33-24(18-5-8-27(28,29)9-6-18)21-15-36-23(32-21)12-17(3)20(34-36)13-19-11-16(2)14-30-25(19)37/h7,10,12,15-16,18-19,24H,4-6,8-9,11,13-14H2,1-3H3,(H,30,37)(H,33,38)/t16-,19?,24-/m0/s1. The van der Waals surface area contributed by atoms with Crippen LogP contribution in [0.5, 0.6) is 0 Å². The molecule has 2 fully saturated rings. The highest BCUT2D eigenvalue weighted by molar-refractivity contribution is 5.92. The second-order valence-corrected chi connectivity index (χ2v) is 10.9. The number of imidazole rings is 1. The lowest BCUT2D eigenvalue weighted by molar-refractivity contribution is -0.127. The summed E-state index contributed by atoms with van der Waals surface area (Å²) in [5.74, 6) is -2.84. The number of fused-ring (bicyclic) bond motifs is 1. The highest BCUT2D eigenvalue weighted by atomic mass is 19.3. The van der Waals surface area contributed by atoms with E-state index in [0.717, 1.165) is 17.7 Å². The van der Waals surface area contributed by atoms with E-state index in [0.29, 0.717) is 42.5 Å². The maximum absolute atomic E-state index is 14.0. The predicted octanol–water partition coefficient (Wildman–Crippen LogP) is 3.87. The number of rotatable bonds is 7. The molecule has 5 rings (SSSR count). The largest absolute Gasteiger partial charge is 0.356 e. The fourth-order valence-corrected chi connectivity index (χ4v) is 5.75. The summed E-state index contributed by atoms with van der Waals surface area (Å²) in [7, 11) is 0. The number of amides is 2. The Kier molecular flexibility index (Phi) is 7.19. The number of hydrogen-bond donors (Lipinski definition) is 2. The van der Waals surface area contributed by atoms with Gasteiger partial charge < -0.3 is 10.6 Å². The molecule has 0 aromatic carbocycles. The number of alkyl halides is 2. The molecule has 9 nitrogen and oxygen atoms in total. The molecule has 2 N–H and O–H groups in total. The fraction of sp³-hybridized carbons (Fsp3) is 0.593. The molecule has 1 unspecified atom stereocenters. The zero-order chi connectivity index (χ0) is 27.0. The molecule has 0 spiro atoms. The summed E-state index contributed by atoms with van der Waals surface area (Å²) < 4.78 is 31.2. The van der Waals surface area contributed by atoms with Crippen LogP contribution in [0, 0.1) is 24.7 Å². The van der Waals surface area contributed by atoms with E-state index < -0.39 is 12.0 Å². The topological polar surface area (TPSA) is 106 Å². The summed E-state index contributed by atoms with van der Waals surface area (Å²) in [6, 6.07) is 3.03. The maximum Gasteiger partial charge on any atom is 0.270 e. The van der Waals surface area contributed by atoms with Crippen molar-refractivity contribution in [1.82, 2.24) is 35.0 Å². The molecule has 1 saturated carbocycles. The van der Waals surface area contributed by atoms with Crippen molar-refractivity contribution < 1.29 is 18.4 Å². The minimum absolute atomic E-state index is 0.0545. The molecule has 4 heterocycles. The van der Waals surface area contributed by atoms with Crippen molar-refractivity contribution in [3.05, 3.63) is 47.2 Å². The Morgan fingerprint density at radius 1 is 1.32 bits per heavy atom. The fourth-order valence-electron chi connectivity index (χ4n) is 5.75. The van der Waals surface area contributed by atoms with Gasteiger partial charge in [0.1, 0.15) is 5.69 Å². The van der Waals surface area contributed by atoms with Crippen LogP contribution in [0.15, 0.2) is 24.5 Å². The van der Waals surface area contributed by atoms with Gasteiger partial charge in [0.2, 0.25) is 11.8 Å². The summed E-state index contributed by atoms with van der Waals surface area (Å²) in [6.45, 7) is 7.21. The third-order valence-electron chi connectivity index (χ3n) is 7.97. The molecular formula is C27H35F2N7O2. The van der Waals surface area contributed by atoms with Crippen LogP contribution in [0.25, 0.3) is 5.65 Å². The normalized spacial score (nSPS) is 22.8. The van der Waals surface area contributed by atoms with Crippen LogP contribution in [0.2, 0.25) is 0 Å². The van der Waals surface area contributed by atoms with Crippen molar-refractivity contribution in [2.75, 3.05) is 6.54 Å². The van der Waals surface area contributed by atoms with Gasteiger partial charge in [-0.25, -0.2) is 18.3 Å². The molecule has 38 heavy (non-hydrogen) atoms. The molecule has 1 aliphatic heterocycles. The minimum Gasteiger partial charge on any atom is -0.356 e. The van der Waals surface area contributed by atoms with Crippen LogP contribution in [-0.4, -0.2) is 48.7 Å². The monoisotopic (exact) mass is 527 g/mol. The Morgan fingerprint density at radius 3 is 2.82 bits per heavy atom. The second-order valence-electron chi connectivity index (χ2n) is 10.9. The molecule has 204 valence electrons. The molecule has 1 saturated heterocycles. The highest BCUT2D eigenvalue weighted by Gasteiger charge is 2.39. The average Bonchev–Trinajstić information content (AvgIpc) is 3.52. The third-order valence-corrected chi connectivity index (χ3v) is 7.97. The number of nitrogens with zero attached hydrogens (tertiary/aromatic N) is 5. The van der Waals surface area contributed by atoms with Gasteiger partial charge >= 0.3 is 0 Å². The van der Waals surface area contributed by atoms with Gasteiger partial charge in [-0.1, -0.05) is 6.92 Å². The summed E-state index contributed by atoms with van der Waals surface area (Å²) in [4.78, 5) is 30.4. The Morgan fingerprint density at radius 2 is 2.08 bits per heavy atom. The highest BCUT2D eigenvalue weighted by Crippen LogP contribution is 2.41. The number of nitrogens with one attached hydrogen (secondary N) is 2. The van der Waals surface area contributed by atoms with Crippen molar-refractivity contribution in [2.45, 2.75) is 77.8 Å². The first kappa shape index (κ1) is 26.2. The van der Waals surface area contributed by atoms with E-state index in [4.69, 9.17) is 10.1 Å². The Hall–Kier alpha value is -3.37. The van der Waals surface area contributed by atoms with Gasteiger partial charge in [-0.05, 0) is 62.6 Å². The van der Waals surface area contributed by atoms with Crippen molar-refractivity contribution >= 4 is 17.5 Å². The average molecular weight is 528 g/mol.